The van der Waals surface area contributed by atoms with E-state index in [2.05, 4.69) is 6.92 Å². The van der Waals surface area contributed by atoms with E-state index in [-0.39, 0.29) is 5.69 Å². The van der Waals surface area contributed by atoms with E-state index < -0.39 is 17.6 Å². The number of carbonyl (C=O) groups excluding carboxylic acids is 2. The van der Waals surface area contributed by atoms with E-state index >= 15 is 0 Å². The minimum absolute atomic E-state index is 0.0158. The lowest BCUT2D eigenvalue weighted by molar-refractivity contribution is -0.120. The summed E-state index contributed by atoms with van der Waals surface area (Å²) in [5.41, 5.74) is 1.30. The summed E-state index contributed by atoms with van der Waals surface area (Å²) >= 11 is 0. The zero-order chi connectivity index (χ0) is 22.0. The zero-order valence-corrected chi connectivity index (χ0v) is 17.9. The van der Waals surface area contributed by atoms with Crippen LogP contribution >= 0.6 is 0 Å². The largest absolute Gasteiger partial charge is 0.494 e. The number of ether oxygens (including phenoxy) is 1. The van der Waals surface area contributed by atoms with E-state index in [0.717, 1.165) is 24.2 Å². The Morgan fingerprint density at radius 2 is 1.81 bits per heavy atom. The number of piperidine rings is 1. The van der Waals surface area contributed by atoms with Gasteiger partial charge >= 0.3 is 0 Å². The molecule has 0 saturated carbocycles. The van der Waals surface area contributed by atoms with Crippen LogP contribution in [0.2, 0.25) is 0 Å². The molecule has 1 unspecified atom stereocenters. The number of halogens is 1. The quantitative estimate of drug-likeness (QED) is 0.637. The van der Waals surface area contributed by atoms with Gasteiger partial charge in [0, 0.05) is 13.1 Å². The van der Waals surface area contributed by atoms with E-state index in [1.54, 1.807) is 36.4 Å². The maximum Gasteiger partial charge on any atom is 0.282 e. The van der Waals surface area contributed by atoms with Crippen LogP contribution in [0.4, 0.5) is 10.1 Å². The first kappa shape index (κ1) is 21.1. The minimum atomic E-state index is -0.597. The van der Waals surface area contributed by atoms with Gasteiger partial charge in [0.1, 0.15) is 17.3 Å². The number of benzene rings is 2. The van der Waals surface area contributed by atoms with Crippen LogP contribution in [0.25, 0.3) is 5.57 Å². The van der Waals surface area contributed by atoms with Crippen molar-refractivity contribution in [3.8, 4) is 5.75 Å². The van der Waals surface area contributed by atoms with Crippen LogP contribution in [-0.4, -0.2) is 36.4 Å². The predicted octanol–water partition coefficient (Wildman–Crippen LogP) is 4.63. The van der Waals surface area contributed by atoms with Gasteiger partial charge in [0.05, 0.1) is 17.9 Å². The van der Waals surface area contributed by atoms with Crippen LogP contribution in [0, 0.1) is 11.7 Å². The number of likely N-dealkylation sites (tertiary alicyclic amines) is 1. The zero-order valence-electron chi connectivity index (χ0n) is 17.9. The molecule has 0 bridgehead atoms. The number of imide groups is 1. The van der Waals surface area contributed by atoms with Gasteiger partial charge in [-0.1, -0.05) is 38.1 Å². The van der Waals surface area contributed by atoms with Crippen molar-refractivity contribution in [3.63, 3.8) is 0 Å². The highest BCUT2D eigenvalue weighted by Gasteiger charge is 2.43. The van der Waals surface area contributed by atoms with Gasteiger partial charge in [0.2, 0.25) is 0 Å². The normalized spacial score (nSPS) is 19.4. The number of amides is 2. The van der Waals surface area contributed by atoms with Crippen LogP contribution in [0.1, 0.15) is 38.7 Å². The van der Waals surface area contributed by atoms with Crippen molar-refractivity contribution >= 4 is 23.1 Å². The second-order valence-electron chi connectivity index (χ2n) is 8.19. The number of hydrogen-bond acceptors (Lipinski definition) is 4. The lowest BCUT2D eigenvalue weighted by Gasteiger charge is -2.33. The monoisotopic (exact) mass is 422 g/mol. The Morgan fingerprint density at radius 3 is 2.48 bits per heavy atom. The molecule has 2 aromatic carbocycles. The Balaban J connectivity index is 1.77. The molecule has 6 heteroatoms. The van der Waals surface area contributed by atoms with Gasteiger partial charge in [0.15, 0.2) is 0 Å². The van der Waals surface area contributed by atoms with Gasteiger partial charge in [-0.2, -0.15) is 0 Å². The van der Waals surface area contributed by atoms with E-state index in [1.165, 1.54) is 12.1 Å². The molecule has 0 spiro atoms. The third-order valence-corrected chi connectivity index (χ3v) is 5.74. The maximum atomic E-state index is 14.5. The highest BCUT2D eigenvalue weighted by atomic mass is 19.1. The number of para-hydroxylation sites is 1. The van der Waals surface area contributed by atoms with Gasteiger partial charge in [-0.25, -0.2) is 9.29 Å². The van der Waals surface area contributed by atoms with Crippen molar-refractivity contribution in [1.82, 2.24) is 4.90 Å². The van der Waals surface area contributed by atoms with Crippen LogP contribution in [0.3, 0.4) is 0 Å². The average molecular weight is 423 g/mol. The summed E-state index contributed by atoms with van der Waals surface area (Å²) in [5, 5.41) is 0. The molecule has 4 rings (SSSR count). The topological polar surface area (TPSA) is 49.9 Å². The SMILES string of the molecule is CCCOc1ccc(C2=C(N3CCCC(C)C3)C(=O)N(c3ccccc3F)C2=O)cc1. The molecule has 31 heavy (non-hydrogen) atoms. The smallest absolute Gasteiger partial charge is 0.282 e. The maximum absolute atomic E-state index is 14.5. The van der Waals surface area contributed by atoms with Gasteiger partial charge in [-0.15, -0.1) is 0 Å². The van der Waals surface area contributed by atoms with Crippen LogP contribution in [-0.2, 0) is 9.59 Å². The van der Waals surface area contributed by atoms with E-state index in [1.807, 2.05) is 11.8 Å². The first-order chi connectivity index (χ1) is 15.0. The summed E-state index contributed by atoms with van der Waals surface area (Å²) in [6, 6.07) is 13.1. The molecule has 1 saturated heterocycles. The summed E-state index contributed by atoms with van der Waals surface area (Å²) in [4.78, 5) is 29.9. The lowest BCUT2D eigenvalue weighted by atomic mass is 9.97. The molecule has 162 valence electrons. The van der Waals surface area contributed by atoms with Crippen LogP contribution in [0.15, 0.2) is 54.2 Å². The van der Waals surface area contributed by atoms with Crippen molar-refractivity contribution in [3.05, 3.63) is 65.6 Å². The molecule has 0 radical (unpaired) electrons. The lowest BCUT2D eigenvalue weighted by Crippen LogP contribution is -2.39. The van der Waals surface area contributed by atoms with E-state index in [0.29, 0.717) is 48.2 Å². The highest BCUT2D eigenvalue weighted by Crippen LogP contribution is 2.37. The molecular weight excluding hydrogens is 395 g/mol. The molecule has 2 amide bonds. The predicted molar refractivity (Wildman–Crippen MR) is 118 cm³/mol. The molecule has 2 aliphatic rings. The van der Waals surface area contributed by atoms with Crippen LogP contribution < -0.4 is 9.64 Å². The molecule has 2 aliphatic heterocycles. The number of anilines is 1. The summed E-state index contributed by atoms with van der Waals surface area (Å²) in [6.45, 7) is 6.18. The number of rotatable bonds is 6. The minimum Gasteiger partial charge on any atom is -0.494 e. The summed E-state index contributed by atoms with van der Waals surface area (Å²) < 4.78 is 20.2. The fourth-order valence-electron chi connectivity index (χ4n) is 4.25. The van der Waals surface area contributed by atoms with Gasteiger partial charge in [0.25, 0.3) is 11.8 Å². The van der Waals surface area contributed by atoms with Gasteiger partial charge < -0.3 is 9.64 Å². The molecular formula is C25H27FN2O3. The molecule has 0 aliphatic carbocycles. The number of nitrogens with zero attached hydrogens (tertiary/aromatic N) is 2. The Kier molecular flexibility index (Phi) is 6.07. The number of hydrogen-bond donors (Lipinski definition) is 0. The molecule has 1 fully saturated rings. The molecule has 2 aromatic rings. The average Bonchev–Trinajstić information content (AvgIpc) is 3.03. The fraction of sp³-hybridized carbons (Fsp3) is 0.360. The second-order valence-corrected chi connectivity index (χ2v) is 8.19. The Bertz CT molecular complexity index is 1020. The summed E-state index contributed by atoms with van der Waals surface area (Å²) in [7, 11) is 0. The Hall–Kier alpha value is -3.15. The van der Waals surface area contributed by atoms with E-state index in [4.69, 9.17) is 4.74 Å². The van der Waals surface area contributed by atoms with Crippen molar-refractivity contribution in [2.75, 3.05) is 24.6 Å². The molecule has 5 nitrogen and oxygen atoms in total. The fourth-order valence-corrected chi connectivity index (χ4v) is 4.25. The second kappa shape index (κ2) is 8.92. The summed E-state index contributed by atoms with van der Waals surface area (Å²) in [5.74, 6) is -0.434. The molecule has 0 N–H and O–H groups in total. The van der Waals surface area contributed by atoms with Gasteiger partial charge in [-0.05, 0) is 55.0 Å². The Labute approximate surface area is 182 Å². The van der Waals surface area contributed by atoms with Gasteiger partial charge in [-0.3, -0.25) is 9.59 Å². The number of carbonyl (C=O) groups is 2. The molecule has 1 atom stereocenters. The highest BCUT2D eigenvalue weighted by molar-refractivity contribution is 6.45. The van der Waals surface area contributed by atoms with Crippen molar-refractivity contribution < 1.29 is 18.7 Å². The molecule has 2 heterocycles. The third-order valence-electron chi connectivity index (χ3n) is 5.74. The van der Waals surface area contributed by atoms with Crippen molar-refractivity contribution in [1.29, 1.82) is 0 Å². The standard InChI is InChI=1S/C25H27FN2O3/c1-3-15-31-19-12-10-18(11-13-19)22-23(27-14-6-7-17(2)16-27)25(30)28(24(22)29)21-9-5-4-8-20(21)26/h4-5,8-13,17H,3,6-7,14-16H2,1-2H3. The van der Waals surface area contributed by atoms with Crippen LogP contribution in [0.5, 0.6) is 5.75 Å². The summed E-state index contributed by atoms with van der Waals surface area (Å²) in [6.07, 6.45) is 2.93. The first-order valence-corrected chi connectivity index (χ1v) is 10.9. The van der Waals surface area contributed by atoms with Crippen molar-refractivity contribution in [2.24, 2.45) is 5.92 Å². The van der Waals surface area contributed by atoms with Crippen molar-refractivity contribution in [2.45, 2.75) is 33.1 Å². The van der Waals surface area contributed by atoms with E-state index in [9.17, 15) is 14.0 Å². The Morgan fingerprint density at radius 1 is 1.06 bits per heavy atom. The molecule has 0 aromatic heterocycles. The third kappa shape index (κ3) is 4.07. The first-order valence-electron chi connectivity index (χ1n) is 10.9.